The van der Waals surface area contributed by atoms with Crippen LogP contribution in [0.15, 0.2) is 175 Å². The Morgan fingerprint density at radius 1 is 0.456 bits per heavy atom. The van der Waals surface area contributed by atoms with Gasteiger partial charge in [0.15, 0.2) is 24.2 Å². The summed E-state index contributed by atoms with van der Waals surface area (Å²) in [5.41, 5.74) is 14.7. The van der Waals surface area contributed by atoms with Crippen molar-refractivity contribution >= 4 is 58.5 Å². The number of halogens is 2. The second kappa shape index (κ2) is 72.6. The summed E-state index contributed by atoms with van der Waals surface area (Å²) in [5, 5.41) is 260. The van der Waals surface area contributed by atoms with Crippen LogP contribution in [0.25, 0.3) is 3.87 Å². The number of nitrogens with one attached hydrogen (secondary N) is 4. The van der Waals surface area contributed by atoms with Crippen molar-refractivity contribution in [3.8, 4) is 0 Å². The molecular weight excluding hydrogens is 2020 g/mol. The molecule has 0 aromatic heterocycles. The molecule has 0 aromatic carbocycles. The predicted molar refractivity (Wildman–Crippen MR) is 545 cm³/mol. The lowest BCUT2D eigenvalue weighted by Crippen LogP contribution is -2.63. The number of esters is 2. The smallest absolute Gasteiger partial charge is 0.441 e. The minimum Gasteiger partial charge on any atom is -0.462 e. The van der Waals surface area contributed by atoms with Crippen molar-refractivity contribution in [2.45, 2.75) is 379 Å². The summed E-state index contributed by atoms with van der Waals surface area (Å²) in [4.78, 5) is 54.1. The second-order valence-corrected chi connectivity index (χ2v) is 37.3. The van der Waals surface area contributed by atoms with Crippen LogP contribution in [0, 0.1) is 30.2 Å². The maximum atomic E-state index is 12.7. The standard InChI is InChI=1S/C49H79N5O18.C47H75N3O17.C2H6O.CBrN.CH4.ClH/c1-28-18-16-14-12-10-8-6-7-9-11-13-15-17-19-35(71-46-45(64)42(44(63)31(4)70-46)51-47(50)54(5)68)25-39-41(52-48(65)53-67)38(60)27-49(66,72-39)26-34(57)23-37(59)36(58)21-20-32(55)22-33(56)24-40(61)69-30(3)29(2)43(28)62;1-27-17-15-13-11-9-7-5-6-8-10-12-14-16-18-34(66-45-44(60)40(48)43(59)30(4)65-45)24-38-41(49-46(61)50-63)37(56)26-47(62,67-38)25-33(53)22-36(55)35(54)20-19-31(51)21-32(52)23-39(57)64-29(3)28(2)42(27)58;1-2-3;1-3-2;;/h6-19,28-39,41-46,55-60,62-64,66-68H,20-27H2,1-5H3,(H2,50,51)(H2,52,53,65);5-18,27-38,40-45,51-56,58-60,62-63H,19-26,48H2,1-4H3,(H2,49,50,61);3H,2H2,1H3;;1H4;1H/b7-6+,10-8+,11-9+,14-12+,15-13+,18-16+,19-17+;6-5+,9-7+,10-8+,13-11+,14-12+,17-15+,18-16+;;;;/t28-,29-,30-,31+,32+,33+,34-,35-,36+,37+,38-,39-,41+,42-,43+,44+,45-,46-,49+;27-,28-,29-,30+,31+,32+,33-,34-,35+,36+,37-,38-,40-,41+,42+,43+,44-,45-,47+;;;;/m00..../s1. The van der Waals surface area contributed by atoms with Crippen LogP contribution in [0.2, 0.25) is 0 Å². The van der Waals surface area contributed by atoms with E-state index in [2.05, 4.69) is 35.6 Å². The largest absolute Gasteiger partial charge is 0.462 e. The third-order valence-electron chi connectivity index (χ3n) is 24.8. The zero-order valence-electron chi connectivity index (χ0n) is 83.9. The number of rotatable bonds is 7. The molecule has 840 valence electrons. The molecule has 4 saturated heterocycles. The quantitative estimate of drug-likeness (QED) is 0.0433. The number of carbonyl (C=O) groups is 4. The normalized spacial score (nSPS) is 41.1. The number of guanidine groups is 1. The minimum absolute atomic E-state index is 0. The van der Waals surface area contributed by atoms with E-state index in [0.29, 0.717) is 5.06 Å². The molecule has 0 aromatic rings. The van der Waals surface area contributed by atoms with E-state index >= 15 is 0 Å². The highest BCUT2D eigenvalue weighted by Gasteiger charge is 2.53. The number of nitrogens with zero attached hydrogens (tertiary/aromatic N) is 3. The van der Waals surface area contributed by atoms with Gasteiger partial charge in [0.1, 0.15) is 36.6 Å². The Balaban J connectivity index is 0.00000138. The summed E-state index contributed by atoms with van der Waals surface area (Å²) in [5.74, 6) is -8.06. The van der Waals surface area contributed by atoms with Gasteiger partial charge in [-0.1, -0.05) is 205 Å². The van der Waals surface area contributed by atoms with Crippen LogP contribution in [-0.2, 0) is 47.5 Å². The van der Waals surface area contributed by atoms with E-state index in [0.717, 1.165) is 0 Å². The Morgan fingerprint density at radius 3 is 1.08 bits per heavy atom. The molecule has 47 heteroatoms. The zero-order chi connectivity index (χ0) is 109. The van der Waals surface area contributed by atoms with Crippen molar-refractivity contribution < 1.29 is 180 Å². The first-order valence-electron chi connectivity index (χ1n) is 48.4. The first-order chi connectivity index (χ1) is 68.4. The number of allylic oxidation sites excluding steroid dienone is 24. The molecule has 6 heterocycles. The summed E-state index contributed by atoms with van der Waals surface area (Å²) >= 11 is 2.44. The highest BCUT2D eigenvalue weighted by atomic mass is 79.9. The number of hydrogen-bond donors (Lipinski definition) is 30. The molecule has 45 nitrogen and oxygen atoms in total. The molecule has 6 aliphatic rings. The molecule has 0 unspecified atom stereocenters. The van der Waals surface area contributed by atoms with Gasteiger partial charge in [-0.15, -0.1) is 12.4 Å². The Bertz CT molecular complexity index is 4260. The van der Waals surface area contributed by atoms with Gasteiger partial charge < -0.3 is 167 Å². The van der Waals surface area contributed by atoms with Gasteiger partial charge in [-0.3, -0.25) is 25.2 Å². The van der Waals surface area contributed by atoms with E-state index < -0.39 is 300 Å². The van der Waals surface area contributed by atoms with Crippen LogP contribution in [0.4, 0.5) is 9.59 Å². The highest BCUT2D eigenvalue weighted by molar-refractivity contribution is 9.10. The third-order valence-corrected chi connectivity index (χ3v) is 24.8. The Kier molecular flexibility index (Phi) is 67.7. The lowest BCUT2D eigenvalue weighted by Gasteiger charge is -2.46. The van der Waals surface area contributed by atoms with Gasteiger partial charge in [-0.25, -0.2) is 41.0 Å². The van der Waals surface area contributed by atoms with Gasteiger partial charge >= 0.3 is 40.1 Å². The van der Waals surface area contributed by atoms with E-state index in [1.54, 1.807) is 174 Å². The second-order valence-electron chi connectivity index (χ2n) is 37.0. The topological polar surface area (TPSA) is 748 Å². The fourth-order valence-corrected chi connectivity index (χ4v) is 16.4. The van der Waals surface area contributed by atoms with Crippen molar-refractivity contribution in [3.05, 3.63) is 181 Å². The van der Waals surface area contributed by atoms with Crippen LogP contribution in [0.1, 0.15) is 172 Å². The van der Waals surface area contributed by atoms with Crippen molar-refractivity contribution in [2.24, 2.45) is 40.1 Å². The fourth-order valence-electron chi connectivity index (χ4n) is 16.4. The molecule has 32 N–H and O–H groups in total. The first-order valence-corrected chi connectivity index (χ1v) is 49.1. The Labute approximate surface area is 874 Å². The molecular formula is C100H165BrClN9O36. The van der Waals surface area contributed by atoms with Gasteiger partial charge in [0.2, 0.25) is 5.96 Å². The number of urea groups is 2. The van der Waals surface area contributed by atoms with E-state index in [-0.39, 0.29) is 89.6 Å². The Morgan fingerprint density at radius 2 is 0.762 bits per heavy atom. The average molecular weight is 2180 g/mol. The summed E-state index contributed by atoms with van der Waals surface area (Å²) < 4.78 is 49.6. The number of ether oxygens (including phenoxy) is 8. The molecule has 4 fully saturated rings. The van der Waals surface area contributed by atoms with Crippen LogP contribution >= 0.6 is 28.6 Å². The van der Waals surface area contributed by atoms with Crippen molar-refractivity contribution in [1.82, 2.24) is 26.7 Å². The maximum absolute atomic E-state index is 12.7. The Hall–Kier alpha value is -7.87. The fraction of sp³-hybridized carbons (Fsp3) is 0.660. The molecule has 6 rings (SSSR count). The van der Waals surface area contributed by atoms with E-state index in [1.165, 1.54) is 37.9 Å². The summed E-state index contributed by atoms with van der Waals surface area (Å²) in [6.07, 6.45) is 6.50. The number of aliphatic hydroxyl groups excluding tert-OH is 19. The first kappa shape index (κ1) is 137. The minimum atomic E-state index is -2.35. The number of hydroxylamine groups is 4. The van der Waals surface area contributed by atoms with E-state index in [1.807, 2.05) is 38.2 Å². The summed E-state index contributed by atoms with van der Waals surface area (Å²) in [6.45, 7) is 21.1. The number of carbonyl (C=O) groups excluding carboxylic acids is 4. The maximum Gasteiger partial charge on any atom is 0.441 e. The summed E-state index contributed by atoms with van der Waals surface area (Å²) in [7, 11) is 1.18. The van der Waals surface area contributed by atoms with Gasteiger partial charge in [0.25, 0.3) is 0 Å². The van der Waals surface area contributed by atoms with Crippen molar-refractivity contribution in [3.63, 3.8) is 0 Å². The molecule has 6 aliphatic heterocycles. The average Bonchev–Trinajstić information content (AvgIpc) is 0.792. The number of nitrogens with two attached hydrogens (primary N) is 2. The van der Waals surface area contributed by atoms with Crippen LogP contribution in [0.3, 0.4) is 0 Å². The van der Waals surface area contributed by atoms with Crippen molar-refractivity contribution in [1.29, 1.82) is 0 Å². The SMILES string of the molecule is C.CCO.C[C@@H]1[C@H](O)[C@@H](C)/C=C/C=C/C=C/C=C/C=C/C=C/C=C/[C@H](O[C@@H]2O[C@H](C)[C@@H](O)[C@H](N)[C@@H]2O)C[C@@H]2O[C@](O)(C[C@@H](O)C[C@@H](O)[C@H](O)CC[C@@H](O)C[C@@H](O)CC(=O)O[C@H]1C)C[C@H](O)[C@H]2NC(=O)NO.C[C@@H]1[C@H](O)[C@@H](C)/C=C/C=C/C=C/C=C/C=C/C=C/C=C/[C@H](O[C@@H]2O[C@H](C)[C@@H](O)[C@H](N=C(N)N(C)O)[C@@H]2O)C[C@@H]2O[C@](O)(C[C@@H](O)C[C@@H](O)[C@H](O)CC[C@@H](O)C[C@@H](O)CC(=O)O[C@H]1C)C[C@H](O)[C@H]2NC(=O)NO.Cl.[C-]#[N+]Br. The molecule has 0 aliphatic carbocycles. The van der Waals surface area contributed by atoms with E-state index in [4.69, 9.17) is 61.0 Å². The number of amides is 4. The monoisotopic (exact) mass is 2180 g/mol. The van der Waals surface area contributed by atoms with Gasteiger partial charge in [-0.2, -0.15) is 0 Å². The number of fused-ring (bicyclic) bond motifs is 4. The van der Waals surface area contributed by atoms with E-state index in [9.17, 15) is 137 Å². The third kappa shape index (κ3) is 51.9. The molecule has 4 amide bonds. The number of cyclic esters (lactones) is 2. The van der Waals surface area contributed by atoms with Gasteiger partial charge in [0.05, 0.1) is 159 Å². The molecule has 38 atom stereocenters. The van der Waals surface area contributed by atoms with Crippen LogP contribution in [0.5, 0.6) is 0 Å². The van der Waals surface area contributed by atoms with Gasteiger partial charge in [0, 0.05) is 88.7 Å². The molecule has 0 spiro atoms. The lowest BCUT2D eigenvalue weighted by molar-refractivity contribution is -0.303. The highest BCUT2D eigenvalue weighted by Crippen LogP contribution is 2.39. The van der Waals surface area contributed by atoms with Crippen molar-refractivity contribution in [2.75, 3.05) is 13.7 Å². The van der Waals surface area contributed by atoms with Crippen LogP contribution in [-0.4, -0.2) is 379 Å². The predicted octanol–water partition coefficient (Wildman–Crippen LogP) is 2.08. The van der Waals surface area contributed by atoms with Crippen LogP contribution < -0.4 is 33.1 Å². The zero-order valence-corrected chi connectivity index (χ0v) is 86.3. The number of hydrogen-bond acceptors (Lipinski definition) is 38. The molecule has 0 saturated carbocycles. The molecule has 0 radical (unpaired) electrons. The number of aliphatic hydroxyl groups is 21. The number of aliphatic imine (C=N–C) groups is 1. The summed E-state index contributed by atoms with van der Waals surface area (Å²) in [6, 6.07) is -7.42. The molecule has 147 heavy (non-hydrogen) atoms. The lowest BCUT2D eigenvalue weighted by atomic mass is 9.87. The molecule has 4 bridgehead atoms. The van der Waals surface area contributed by atoms with Gasteiger partial charge in [-0.05, 0) is 73.1 Å².